The molecule has 0 bridgehead atoms. The summed E-state index contributed by atoms with van der Waals surface area (Å²) in [4.78, 5) is 25.5. The van der Waals surface area contributed by atoms with Gasteiger partial charge >= 0.3 is 0 Å². The summed E-state index contributed by atoms with van der Waals surface area (Å²) in [6, 6.07) is 1.96. The van der Waals surface area contributed by atoms with Crippen molar-refractivity contribution in [3.05, 3.63) is 33.7 Å². The van der Waals surface area contributed by atoms with Crippen LogP contribution in [0.25, 0.3) is 0 Å². The van der Waals surface area contributed by atoms with E-state index in [1.54, 1.807) is 29.4 Å². The van der Waals surface area contributed by atoms with Crippen LogP contribution in [0.15, 0.2) is 21.4 Å². The summed E-state index contributed by atoms with van der Waals surface area (Å²) in [5.74, 6) is 0.469. The molecule has 2 N–H and O–H groups in total. The normalized spacial score (nSPS) is 15.3. The van der Waals surface area contributed by atoms with Crippen molar-refractivity contribution in [2.45, 2.75) is 37.1 Å². The van der Waals surface area contributed by atoms with Gasteiger partial charge in [0.15, 0.2) is 4.34 Å². The maximum Gasteiger partial charge on any atom is 0.263 e. The lowest BCUT2D eigenvalue weighted by molar-refractivity contribution is 0.102. The van der Waals surface area contributed by atoms with Crippen molar-refractivity contribution in [2.75, 3.05) is 24.2 Å². The second-order valence-corrected chi connectivity index (χ2v) is 8.32. The molecule has 25 heavy (non-hydrogen) atoms. The Hall–Kier alpha value is -1.71. The second kappa shape index (κ2) is 8.11. The van der Waals surface area contributed by atoms with Crippen LogP contribution in [0.1, 0.15) is 41.7 Å². The van der Waals surface area contributed by atoms with E-state index in [0.717, 1.165) is 36.0 Å². The number of carbonyl (C=O) groups is 1. The lowest BCUT2D eigenvalue weighted by atomic mass is 10.0. The third-order valence-electron chi connectivity index (χ3n) is 4.15. The highest BCUT2D eigenvalue weighted by Gasteiger charge is 2.22. The molecule has 1 aliphatic rings. The Labute approximate surface area is 154 Å². The molecule has 0 atom stereocenters. The minimum Gasteiger partial charge on any atom is -0.317 e. The Kier molecular flexibility index (Phi) is 5.87. The third-order valence-corrected chi connectivity index (χ3v) is 6.01. The van der Waals surface area contributed by atoms with Gasteiger partial charge in [-0.15, -0.1) is 10.2 Å². The van der Waals surface area contributed by atoms with Gasteiger partial charge < -0.3 is 9.88 Å². The number of amides is 1. The average molecular weight is 380 g/mol. The van der Waals surface area contributed by atoms with E-state index in [1.165, 1.54) is 11.3 Å². The Balaban J connectivity index is 1.84. The molecule has 3 heterocycles. The molecule has 3 rings (SSSR count). The minimum atomic E-state index is -0.421. The molecule has 1 amide bonds. The van der Waals surface area contributed by atoms with E-state index < -0.39 is 5.91 Å². The zero-order valence-corrected chi connectivity index (χ0v) is 15.9. The van der Waals surface area contributed by atoms with Crippen LogP contribution in [-0.4, -0.2) is 39.5 Å². The molecular formula is C16H21N5O2S2. The predicted molar refractivity (Wildman–Crippen MR) is 101 cm³/mol. The van der Waals surface area contributed by atoms with Crippen LogP contribution >= 0.6 is 23.1 Å². The molecule has 0 aliphatic carbocycles. The third kappa shape index (κ3) is 4.10. The van der Waals surface area contributed by atoms with Crippen molar-refractivity contribution < 1.29 is 4.79 Å². The number of rotatable bonds is 5. The van der Waals surface area contributed by atoms with Crippen LogP contribution in [0.2, 0.25) is 0 Å². The number of nitrogens with one attached hydrogen (secondary N) is 2. The average Bonchev–Trinajstić information content (AvgIpc) is 3.03. The second-order valence-electron chi connectivity index (χ2n) is 5.83. The van der Waals surface area contributed by atoms with E-state index in [0.29, 0.717) is 10.7 Å². The summed E-state index contributed by atoms with van der Waals surface area (Å²) < 4.78 is 2.50. The highest BCUT2D eigenvalue weighted by molar-refractivity contribution is 8.01. The zero-order valence-electron chi connectivity index (χ0n) is 14.2. The van der Waals surface area contributed by atoms with Crippen molar-refractivity contribution in [3.8, 4) is 0 Å². The van der Waals surface area contributed by atoms with Gasteiger partial charge in [-0.3, -0.25) is 14.9 Å². The fourth-order valence-corrected chi connectivity index (χ4v) is 4.54. The Morgan fingerprint density at radius 3 is 2.92 bits per heavy atom. The molecule has 0 radical (unpaired) electrons. The monoisotopic (exact) mass is 379 g/mol. The van der Waals surface area contributed by atoms with Crippen LogP contribution in [0.4, 0.5) is 5.13 Å². The molecule has 2 aromatic heterocycles. The fraction of sp³-hybridized carbons (Fsp3) is 0.500. The number of aryl methyl sites for hydroxylation is 1. The maximum absolute atomic E-state index is 12.9. The van der Waals surface area contributed by atoms with Gasteiger partial charge in [-0.25, -0.2) is 0 Å². The first-order valence-electron chi connectivity index (χ1n) is 8.30. The lowest BCUT2D eigenvalue weighted by Crippen LogP contribution is -2.37. The molecule has 2 aromatic rings. The summed E-state index contributed by atoms with van der Waals surface area (Å²) in [5, 5.41) is 14.4. The number of hydrogen-bond donors (Lipinski definition) is 2. The topological polar surface area (TPSA) is 88.9 Å². The quantitative estimate of drug-likeness (QED) is 0.612. The van der Waals surface area contributed by atoms with Crippen molar-refractivity contribution in [1.29, 1.82) is 0 Å². The van der Waals surface area contributed by atoms with E-state index in [4.69, 9.17) is 0 Å². The fourth-order valence-electron chi connectivity index (χ4n) is 2.89. The molecule has 7 nitrogen and oxygen atoms in total. The number of aromatic nitrogens is 3. The molecule has 0 spiro atoms. The van der Waals surface area contributed by atoms with Crippen molar-refractivity contribution in [1.82, 2.24) is 20.1 Å². The first-order chi connectivity index (χ1) is 12.1. The highest BCUT2D eigenvalue weighted by Crippen LogP contribution is 2.25. The number of pyridine rings is 1. The van der Waals surface area contributed by atoms with Gasteiger partial charge in [-0.1, -0.05) is 30.0 Å². The smallest absolute Gasteiger partial charge is 0.263 e. The molecule has 0 unspecified atom stereocenters. The van der Waals surface area contributed by atoms with Crippen LogP contribution < -0.4 is 16.2 Å². The van der Waals surface area contributed by atoms with Crippen LogP contribution in [0.5, 0.6) is 0 Å². The molecule has 1 saturated heterocycles. The SMILES string of the molecule is CCSc1nnc(NC(=O)c2c(C)ccn(C3CCNCC3)c2=O)s1. The molecule has 0 aromatic carbocycles. The number of carbonyl (C=O) groups excluding carboxylic acids is 1. The summed E-state index contributed by atoms with van der Waals surface area (Å²) in [7, 11) is 0. The van der Waals surface area contributed by atoms with Gasteiger partial charge in [0.25, 0.3) is 11.5 Å². The number of thioether (sulfide) groups is 1. The zero-order chi connectivity index (χ0) is 17.8. The molecular weight excluding hydrogens is 358 g/mol. The van der Waals surface area contributed by atoms with E-state index in [9.17, 15) is 9.59 Å². The van der Waals surface area contributed by atoms with Gasteiger partial charge in [0, 0.05) is 12.2 Å². The summed E-state index contributed by atoms with van der Waals surface area (Å²) in [5.41, 5.74) is 0.610. The largest absolute Gasteiger partial charge is 0.317 e. The first kappa shape index (κ1) is 18.1. The van der Waals surface area contributed by atoms with Crippen LogP contribution in [0, 0.1) is 6.92 Å². The Bertz CT molecular complexity index is 811. The maximum atomic E-state index is 12.9. The van der Waals surface area contributed by atoms with E-state index in [1.807, 2.05) is 13.0 Å². The van der Waals surface area contributed by atoms with E-state index in [-0.39, 0.29) is 17.2 Å². The molecule has 9 heteroatoms. The van der Waals surface area contributed by atoms with Gasteiger partial charge in [0.05, 0.1) is 0 Å². The van der Waals surface area contributed by atoms with Crippen LogP contribution in [-0.2, 0) is 0 Å². The van der Waals surface area contributed by atoms with Crippen LogP contribution in [0.3, 0.4) is 0 Å². The number of anilines is 1. The predicted octanol–water partition coefficient (Wildman–Crippen LogP) is 2.30. The van der Waals surface area contributed by atoms with Gasteiger partial charge in [0.1, 0.15) is 5.56 Å². The van der Waals surface area contributed by atoms with Gasteiger partial charge in [0.2, 0.25) is 5.13 Å². The number of nitrogens with zero attached hydrogens (tertiary/aromatic N) is 3. The van der Waals surface area contributed by atoms with E-state index >= 15 is 0 Å². The van der Waals surface area contributed by atoms with Gasteiger partial charge in [-0.05, 0) is 50.2 Å². The first-order valence-corrected chi connectivity index (χ1v) is 10.1. The summed E-state index contributed by atoms with van der Waals surface area (Å²) in [6.07, 6.45) is 3.57. The number of piperidine rings is 1. The van der Waals surface area contributed by atoms with E-state index in [2.05, 4.69) is 20.8 Å². The minimum absolute atomic E-state index is 0.134. The molecule has 134 valence electrons. The summed E-state index contributed by atoms with van der Waals surface area (Å²) >= 11 is 2.88. The summed E-state index contributed by atoms with van der Waals surface area (Å²) in [6.45, 7) is 5.58. The van der Waals surface area contributed by atoms with Crippen molar-refractivity contribution in [2.24, 2.45) is 0 Å². The molecule has 1 aliphatic heterocycles. The highest BCUT2D eigenvalue weighted by atomic mass is 32.2. The van der Waals surface area contributed by atoms with Gasteiger partial charge in [-0.2, -0.15) is 0 Å². The Morgan fingerprint density at radius 2 is 2.20 bits per heavy atom. The lowest BCUT2D eigenvalue weighted by Gasteiger charge is -2.25. The van der Waals surface area contributed by atoms with Crippen molar-refractivity contribution >= 4 is 34.1 Å². The molecule has 1 fully saturated rings. The van der Waals surface area contributed by atoms with Crippen molar-refractivity contribution in [3.63, 3.8) is 0 Å². The standard InChI is InChI=1S/C16H21N5O2S2/c1-3-24-16-20-19-15(25-16)18-13(22)12-10(2)6-9-21(14(12)23)11-4-7-17-8-5-11/h6,9,11,17H,3-5,7-8H2,1-2H3,(H,18,19,22). The molecule has 0 saturated carbocycles. The number of hydrogen-bond acceptors (Lipinski definition) is 7. The Morgan fingerprint density at radius 1 is 1.44 bits per heavy atom.